The largest absolute Gasteiger partial charge is 0.459 e. The molecule has 0 spiro atoms. The van der Waals surface area contributed by atoms with E-state index in [4.69, 9.17) is 4.42 Å². The van der Waals surface area contributed by atoms with Gasteiger partial charge in [0.15, 0.2) is 0 Å². The van der Waals surface area contributed by atoms with Gasteiger partial charge in [0.25, 0.3) is 5.91 Å². The molecule has 0 radical (unpaired) electrons. The van der Waals surface area contributed by atoms with Gasteiger partial charge in [0.05, 0.1) is 23.4 Å². The Hall–Kier alpha value is -4.73. The Bertz CT molecular complexity index is 1710. The molecule has 4 aromatic rings. The zero-order chi connectivity index (χ0) is 30.1. The molecule has 2 atom stereocenters. The number of carbonyl (C=O) groups excluding carboxylic acids is 2. The molecule has 2 unspecified atom stereocenters. The fourth-order valence-electron chi connectivity index (χ4n) is 5.39. The predicted molar refractivity (Wildman–Crippen MR) is 156 cm³/mol. The number of carbonyl (C=O) groups is 2. The van der Waals surface area contributed by atoms with Gasteiger partial charge in [0.2, 0.25) is 5.91 Å². The molecule has 1 saturated heterocycles. The van der Waals surface area contributed by atoms with Crippen LogP contribution >= 0.6 is 0 Å². The average Bonchev–Trinajstić information content (AvgIpc) is 3.40. The van der Waals surface area contributed by atoms with Crippen molar-refractivity contribution in [3.8, 4) is 11.3 Å². The fourth-order valence-corrected chi connectivity index (χ4v) is 5.39. The van der Waals surface area contributed by atoms with Crippen LogP contribution in [0, 0.1) is 11.8 Å². The third-order valence-corrected chi connectivity index (χ3v) is 7.82. The van der Waals surface area contributed by atoms with Crippen molar-refractivity contribution >= 4 is 28.9 Å². The smallest absolute Gasteiger partial charge is 0.420 e. The standard InChI is InChI=1S/C33H29F3N4O3/c1-2-3-4-26-8-5-20(15-37-26)6-10-30(41)39-17-27-13-23-11-22(14-28(31(23)43-27)33(34,35)36)29-9-7-21(16-38-29)32(42)40-18-24-12-25(24)19-40/h2-3,5-11,13-16,24-25H,4,12,17-19H2,1H3,(H,39,41). The van der Waals surface area contributed by atoms with E-state index in [0.29, 0.717) is 23.1 Å². The SMILES string of the molecule is CC=CCc1ccc(C=CC(=O)NCc2cc3cc(-c4ccc(C(=O)N5CC6CC6C5)cn4)cc(C(F)(F)F)c3o2)cn1. The predicted octanol–water partition coefficient (Wildman–Crippen LogP) is 6.45. The van der Waals surface area contributed by atoms with E-state index >= 15 is 0 Å². The number of allylic oxidation sites excluding steroid dienone is 2. The van der Waals surface area contributed by atoms with E-state index in [0.717, 1.165) is 36.8 Å². The molecule has 0 bridgehead atoms. The fraction of sp³-hybridized carbons (Fsp3) is 0.273. The number of halogens is 3. The van der Waals surface area contributed by atoms with Crippen LogP contribution in [0.4, 0.5) is 13.2 Å². The van der Waals surface area contributed by atoms with Crippen molar-refractivity contribution in [2.24, 2.45) is 11.8 Å². The van der Waals surface area contributed by atoms with Crippen molar-refractivity contribution in [3.63, 3.8) is 0 Å². The number of amides is 2. The number of likely N-dealkylation sites (tertiary alicyclic amines) is 1. The van der Waals surface area contributed by atoms with Crippen LogP contribution in [-0.4, -0.2) is 39.8 Å². The second kappa shape index (κ2) is 11.5. The molecule has 7 nitrogen and oxygen atoms in total. The van der Waals surface area contributed by atoms with E-state index in [1.54, 1.807) is 30.5 Å². The van der Waals surface area contributed by atoms with Crippen molar-refractivity contribution in [2.75, 3.05) is 13.1 Å². The van der Waals surface area contributed by atoms with Gasteiger partial charge in [0.1, 0.15) is 11.3 Å². The number of nitrogens with zero attached hydrogens (tertiary/aromatic N) is 3. The lowest BCUT2D eigenvalue weighted by Gasteiger charge is -2.17. The molecule has 2 amide bonds. The number of aromatic nitrogens is 2. The molecule has 3 aromatic heterocycles. The Morgan fingerprint density at radius 2 is 1.88 bits per heavy atom. The third kappa shape index (κ3) is 6.38. The number of piperidine rings is 1. The summed E-state index contributed by atoms with van der Waals surface area (Å²) < 4.78 is 47.7. The monoisotopic (exact) mass is 586 g/mol. The van der Waals surface area contributed by atoms with Gasteiger partial charge in [-0.05, 0) is 73.2 Å². The maximum atomic E-state index is 14.0. The molecular formula is C33H29F3N4O3. The molecule has 1 aliphatic heterocycles. The summed E-state index contributed by atoms with van der Waals surface area (Å²) in [5.41, 5.74) is 1.34. The van der Waals surface area contributed by atoms with Gasteiger partial charge in [0, 0.05) is 54.6 Å². The number of hydrogen-bond donors (Lipinski definition) is 1. The van der Waals surface area contributed by atoms with Crippen LogP contribution in [0.25, 0.3) is 28.3 Å². The molecule has 1 aromatic carbocycles. The second-order valence-electron chi connectivity index (χ2n) is 11.0. The number of nitrogens with one attached hydrogen (secondary N) is 1. The van der Waals surface area contributed by atoms with Crippen LogP contribution in [0.15, 0.2) is 77.5 Å². The summed E-state index contributed by atoms with van der Waals surface area (Å²) >= 11 is 0. The molecule has 10 heteroatoms. The second-order valence-corrected chi connectivity index (χ2v) is 11.0. The highest BCUT2D eigenvalue weighted by Gasteiger charge is 2.46. The number of hydrogen-bond acceptors (Lipinski definition) is 5. The lowest BCUT2D eigenvalue weighted by atomic mass is 10.0. The lowest BCUT2D eigenvalue weighted by Crippen LogP contribution is -2.30. The summed E-state index contributed by atoms with van der Waals surface area (Å²) in [6.07, 6.45) is 7.17. The van der Waals surface area contributed by atoms with E-state index in [2.05, 4.69) is 15.3 Å². The molecule has 1 N–H and O–H groups in total. The summed E-state index contributed by atoms with van der Waals surface area (Å²) in [6.45, 7) is 3.34. The summed E-state index contributed by atoms with van der Waals surface area (Å²) in [5, 5.41) is 2.87. The maximum Gasteiger partial charge on any atom is 0.420 e. The highest BCUT2D eigenvalue weighted by molar-refractivity contribution is 5.95. The van der Waals surface area contributed by atoms with Crippen LogP contribution in [-0.2, 0) is 23.9 Å². The van der Waals surface area contributed by atoms with E-state index in [9.17, 15) is 22.8 Å². The van der Waals surface area contributed by atoms with E-state index in [-0.39, 0.29) is 34.7 Å². The lowest BCUT2D eigenvalue weighted by molar-refractivity contribution is -0.136. The first-order valence-corrected chi connectivity index (χ1v) is 14.1. The first kappa shape index (κ1) is 28.4. The third-order valence-electron chi connectivity index (χ3n) is 7.82. The number of rotatable bonds is 8. The summed E-state index contributed by atoms with van der Waals surface area (Å²) in [7, 11) is 0. The zero-order valence-electron chi connectivity index (χ0n) is 23.4. The van der Waals surface area contributed by atoms with Crippen molar-refractivity contribution in [1.29, 1.82) is 0 Å². The van der Waals surface area contributed by atoms with Crippen molar-refractivity contribution in [1.82, 2.24) is 20.2 Å². The summed E-state index contributed by atoms with van der Waals surface area (Å²) in [4.78, 5) is 35.6. The Morgan fingerprint density at radius 3 is 2.56 bits per heavy atom. The molecule has 220 valence electrons. The minimum absolute atomic E-state index is 0.0989. The van der Waals surface area contributed by atoms with E-state index in [1.807, 2.05) is 36.1 Å². The van der Waals surface area contributed by atoms with E-state index < -0.39 is 17.6 Å². The Kier molecular flexibility index (Phi) is 7.60. The van der Waals surface area contributed by atoms with Gasteiger partial charge in [-0.2, -0.15) is 13.2 Å². The zero-order valence-corrected chi connectivity index (χ0v) is 23.4. The van der Waals surface area contributed by atoms with Crippen molar-refractivity contribution in [3.05, 3.63) is 101 Å². The Balaban J connectivity index is 1.15. The number of fused-ring (bicyclic) bond motifs is 2. The molecule has 2 fully saturated rings. The molecule has 43 heavy (non-hydrogen) atoms. The topological polar surface area (TPSA) is 88.3 Å². The van der Waals surface area contributed by atoms with Gasteiger partial charge in [-0.3, -0.25) is 19.6 Å². The molecule has 2 aliphatic rings. The first-order chi connectivity index (χ1) is 20.7. The minimum atomic E-state index is -4.68. The van der Waals surface area contributed by atoms with E-state index in [1.165, 1.54) is 24.8 Å². The maximum absolute atomic E-state index is 14.0. The Morgan fingerprint density at radius 1 is 1.07 bits per heavy atom. The molecular weight excluding hydrogens is 557 g/mol. The van der Waals surface area contributed by atoms with Crippen LogP contribution in [0.2, 0.25) is 0 Å². The van der Waals surface area contributed by atoms with Gasteiger partial charge in [-0.25, -0.2) is 0 Å². The average molecular weight is 587 g/mol. The van der Waals surface area contributed by atoms with Crippen LogP contribution in [0.1, 0.15) is 46.3 Å². The molecule has 1 saturated carbocycles. The number of benzene rings is 1. The summed E-state index contributed by atoms with van der Waals surface area (Å²) in [5.74, 6) is 0.833. The highest BCUT2D eigenvalue weighted by Crippen LogP contribution is 2.45. The number of furan rings is 1. The minimum Gasteiger partial charge on any atom is -0.459 e. The van der Waals surface area contributed by atoms with Crippen LogP contribution in [0.3, 0.4) is 0 Å². The van der Waals surface area contributed by atoms with Gasteiger partial charge in [-0.15, -0.1) is 0 Å². The normalized spacial score (nSPS) is 18.1. The van der Waals surface area contributed by atoms with Crippen molar-refractivity contribution in [2.45, 2.75) is 32.5 Å². The molecule has 6 rings (SSSR count). The molecule has 4 heterocycles. The number of alkyl halides is 3. The summed E-state index contributed by atoms with van der Waals surface area (Å²) in [6, 6.07) is 10.9. The van der Waals surface area contributed by atoms with Crippen LogP contribution < -0.4 is 5.32 Å². The molecule has 1 aliphatic carbocycles. The van der Waals surface area contributed by atoms with Crippen molar-refractivity contribution < 1.29 is 27.2 Å². The van der Waals surface area contributed by atoms with Crippen LogP contribution in [0.5, 0.6) is 0 Å². The van der Waals surface area contributed by atoms with Gasteiger partial charge < -0.3 is 14.6 Å². The van der Waals surface area contributed by atoms with Gasteiger partial charge in [-0.1, -0.05) is 18.2 Å². The first-order valence-electron chi connectivity index (χ1n) is 14.1. The highest BCUT2D eigenvalue weighted by atomic mass is 19.4. The number of pyridine rings is 2. The Labute approximate surface area is 246 Å². The van der Waals surface area contributed by atoms with Gasteiger partial charge >= 0.3 is 6.18 Å². The quantitative estimate of drug-likeness (QED) is 0.189.